The van der Waals surface area contributed by atoms with Crippen molar-refractivity contribution in [1.29, 1.82) is 0 Å². The number of hydrogen-bond donors (Lipinski definition) is 1. The van der Waals surface area contributed by atoms with Crippen molar-refractivity contribution in [2.45, 2.75) is 26.2 Å². The van der Waals surface area contributed by atoms with Crippen molar-refractivity contribution < 1.29 is 14.3 Å². The maximum absolute atomic E-state index is 12.8. The van der Waals surface area contributed by atoms with Crippen LogP contribution in [0.2, 0.25) is 0 Å². The van der Waals surface area contributed by atoms with E-state index >= 15 is 0 Å². The molecule has 32 heavy (non-hydrogen) atoms. The Morgan fingerprint density at radius 3 is 2.38 bits per heavy atom. The number of nitrogens with one attached hydrogen (secondary N) is 1. The number of hydrogen-bond acceptors (Lipinski definition) is 5. The summed E-state index contributed by atoms with van der Waals surface area (Å²) in [5.41, 5.74) is 2.58. The summed E-state index contributed by atoms with van der Waals surface area (Å²) in [6.45, 7) is 3.25. The van der Waals surface area contributed by atoms with Gasteiger partial charge >= 0.3 is 11.7 Å². The Balaban J connectivity index is 1.40. The summed E-state index contributed by atoms with van der Waals surface area (Å²) in [6.07, 6.45) is 2.34. The number of piperidine rings is 1. The van der Waals surface area contributed by atoms with Crippen molar-refractivity contribution in [3.63, 3.8) is 0 Å². The molecule has 1 aliphatic rings. The van der Waals surface area contributed by atoms with Crippen molar-refractivity contribution in [2.75, 3.05) is 20.2 Å². The van der Waals surface area contributed by atoms with Gasteiger partial charge in [0.15, 0.2) is 0 Å². The number of amides is 1. The van der Waals surface area contributed by atoms with Gasteiger partial charge in [0.05, 0.1) is 18.4 Å². The van der Waals surface area contributed by atoms with Gasteiger partial charge in [0.25, 0.3) is 5.91 Å². The molecule has 166 valence electrons. The summed E-state index contributed by atoms with van der Waals surface area (Å²) in [6, 6.07) is 14.3. The van der Waals surface area contributed by atoms with Crippen molar-refractivity contribution in [3.05, 3.63) is 81.5 Å². The molecule has 4 rings (SSSR count). The van der Waals surface area contributed by atoms with E-state index < -0.39 is 5.97 Å². The van der Waals surface area contributed by atoms with Gasteiger partial charge in [-0.05, 0) is 61.6 Å². The number of aromatic amines is 1. The fourth-order valence-electron chi connectivity index (χ4n) is 4.18. The Kier molecular flexibility index (Phi) is 6.20. The number of aromatic nitrogens is 3. The molecule has 0 atom stereocenters. The van der Waals surface area contributed by atoms with Crippen LogP contribution >= 0.6 is 0 Å². The van der Waals surface area contributed by atoms with E-state index in [1.807, 2.05) is 36.1 Å². The van der Waals surface area contributed by atoms with Crippen LogP contribution in [0.3, 0.4) is 0 Å². The highest BCUT2D eigenvalue weighted by Crippen LogP contribution is 2.23. The number of H-pyrrole nitrogens is 1. The second kappa shape index (κ2) is 9.21. The maximum atomic E-state index is 12.8. The molecule has 0 saturated carbocycles. The van der Waals surface area contributed by atoms with Gasteiger partial charge < -0.3 is 9.64 Å². The molecule has 3 aromatic rings. The molecule has 0 spiro atoms. The number of likely N-dealkylation sites (tertiary alicyclic amines) is 1. The molecule has 0 aliphatic carbocycles. The van der Waals surface area contributed by atoms with Crippen LogP contribution in [0.4, 0.5) is 0 Å². The Hall–Kier alpha value is -3.68. The van der Waals surface area contributed by atoms with Crippen LogP contribution in [-0.2, 0) is 11.2 Å². The lowest BCUT2D eigenvalue weighted by Crippen LogP contribution is -2.39. The van der Waals surface area contributed by atoms with Crippen LogP contribution in [0.5, 0.6) is 0 Å². The quantitative estimate of drug-likeness (QED) is 0.623. The minimum Gasteiger partial charge on any atom is -0.465 e. The van der Waals surface area contributed by atoms with Gasteiger partial charge in [0.2, 0.25) is 0 Å². The second-order valence-corrected chi connectivity index (χ2v) is 8.08. The highest BCUT2D eigenvalue weighted by Gasteiger charge is 2.26. The predicted octanol–water partition coefficient (Wildman–Crippen LogP) is 2.75. The van der Waals surface area contributed by atoms with Gasteiger partial charge in [-0.3, -0.25) is 4.79 Å². The number of rotatable bonds is 5. The first kappa shape index (κ1) is 21.5. The van der Waals surface area contributed by atoms with Crippen LogP contribution in [0.15, 0.2) is 53.3 Å². The molecule has 2 heterocycles. The first-order valence-corrected chi connectivity index (χ1v) is 10.7. The summed E-state index contributed by atoms with van der Waals surface area (Å²) < 4.78 is 6.34. The van der Waals surface area contributed by atoms with Crippen LogP contribution < -0.4 is 5.69 Å². The summed E-state index contributed by atoms with van der Waals surface area (Å²) in [5, 5.41) is 6.84. The third-order valence-corrected chi connectivity index (χ3v) is 6.02. The smallest absolute Gasteiger partial charge is 0.347 e. The Morgan fingerprint density at radius 2 is 1.72 bits per heavy atom. The van der Waals surface area contributed by atoms with Gasteiger partial charge in [-0.15, -0.1) is 0 Å². The SMILES string of the molecule is COC(=O)c1ccc(C(=O)N2CCC(Cc3n[nH]c(=O)n3-c3ccccc3C)CC2)cc1. The normalized spacial score (nSPS) is 14.4. The number of aryl methyl sites for hydroxylation is 1. The van der Waals surface area contributed by atoms with Gasteiger partial charge in [-0.25, -0.2) is 19.3 Å². The average Bonchev–Trinajstić information content (AvgIpc) is 3.18. The molecule has 1 fully saturated rings. The lowest BCUT2D eigenvalue weighted by molar-refractivity contribution is 0.0599. The van der Waals surface area contributed by atoms with E-state index in [9.17, 15) is 14.4 Å². The number of ether oxygens (including phenoxy) is 1. The van der Waals surface area contributed by atoms with Gasteiger partial charge in [0, 0.05) is 25.1 Å². The molecule has 1 aromatic heterocycles. The fourth-order valence-corrected chi connectivity index (χ4v) is 4.18. The van der Waals surface area contributed by atoms with E-state index in [0.717, 1.165) is 24.1 Å². The average molecular weight is 434 g/mol. The zero-order chi connectivity index (χ0) is 22.7. The summed E-state index contributed by atoms with van der Waals surface area (Å²) in [5.74, 6) is 0.579. The van der Waals surface area contributed by atoms with Gasteiger partial charge in [-0.1, -0.05) is 18.2 Å². The number of nitrogens with zero attached hydrogens (tertiary/aromatic N) is 3. The van der Waals surface area contributed by atoms with Crippen molar-refractivity contribution in [1.82, 2.24) is 19.7 Å². The topological polar surface area (TPSA) is 97.3 Å². The number of benzene rings is 2. The Bertz CT molecular complexity index is 1170. The van der Waals surface area contributed by atoms with Crippen molar-refractivity contribution >= 4 is 11.9 Å². The highest BCUT2D eigenvalue weighted by molar-refractivity contribution is 5.96. The van der Waals surface area contributed by atoms with Crippen molar-refractivity contribution in [3.8, 4) is 5.69 Å². The number of carbonyl (C=O) groups excluding carboxylic acids is 2. The van der Waals surface area contributed by atoms with E-state index in [4.69, 9.17) is 4.74 Å². The van der Waals surface area contributed by atoms with Crippen LogP contribution in [0.25, 0.3) is 5.69 Å². The lowest BCUT2D eigenvalue weighted by Gasteiger charge is -2.32. The molecule has 8 heteroatoms. The van der Waals surface area contributed by atoms with E-state index in [-0.39, 0.29) is 11.6 Å². The summed E-state index contributed by atoms with van der Waals surface area (Å²) in [4.78, 5) is 38.6. The monoisotopic (exact) mass is 434 g/mol. The predicted molar refractivity (Wildman–Crippen MR) is 119 cm³/mol. The number of para-hydroxylation sites is 1. The Morgan fingerprint density at radius 1 is 1.06 bits per heavy atom. The third-order valence-electron chi connectivity index (χ3n) is 6.02. The molecule has 0 radical (unpaired) electrons. The number of carbonyl (C=O) groups is 2. The first-order chi connectivity index (χ1) is 15.5. The number of esters is 1. The number of methoxy groups -OCH3 is 1. The largest absolute Gasteiger partial charge is 0.465 e. The lowest BCUT2D eigenvalue weighted by atomic mass is 9.92. The molecule has 1 N–H and O–H groups in total. The second-order valence-electron chi connectivity index (χ2n) is 8.08. The van der Waals surface area contributed by atoms with E-state index in [2.05, 4.69) is 10.2 Å². The van der Waals surface area contributed by atoms with Gasteiger partial charge in [0.1, 0.15) is 5.82 Å². The molecule has 1 saturated heterocycles. The fraction of sp³-hybridized carbons (Fsp3) is 0.333. The van der Waals surface area contributed by atoms with E-state index in [1.165, 1.54) is 7.11 Å². The molecule has 1 amide bonds. The maximum Gasteiger partial charge on any atom is 0.347 e. The zero-order valence-electron chi connectivity index (χ0n) is 18.2. The third kappa shape index (κ3) is 4.34. The van der Waals surface area contributed by atoms with Crippen LogP contribution in [-0.4, -0.2) is 51.7 Å². The molecule has 1 aliphatic heterocycles. The van der Waals surface area contributed by atoms with E-state index in [1.54, 1.807) is 28.8 Å². The molecular formula is C24H26N4O4. The zero-order valence-corrected chi connectivity index (χ0v) is 18.2. The molecular weight excluding hydrogens is 408 g/mol. The van der Waals surface area contributed by atoms with Crippen molar-refractivity contribution in [2.24, 2.45) is 5.92 Å². The molecule has 0 unspecified atom stereocenters. The highest BCUT2D eigenvalue weighted by atomic mass is 16.5. The van der Waals surface area contributed by atoms with Crippen LogP contribution in [0, 0.1) is 12.8 Å². The summed E-state index contributed by atoms with van der Waals surface area (Å²) in [7, 11) is 1.33. The minimum atomic E-state index is -0.424. The molecule has 0 bridgehead atoms. The van der Waals surface area contributed by atoms with Crippen LogP contribution in [0.1, 0.15) is 44.9 Å². The molecule has 8 nitrogen and oxygen atoms in total. The standard InChI is InChI=1S/C24H26N4O4/c1-16-5-3-4-6-20(16)28-21(25-26-24(28)31)15-17-11-13-27(14-12-17)22(29)18-7-9-19(10-8-18)23(30)32-2/h3-10,17H,11-15H2,1-2H3,(H,26,31). The molecule has 2 aromatic carbocycles. The van der Waals surface area contributed by atoms with E-state index in [0.29, 0.717) is 42.4 Å². The minimum absolute atomic E-state index is 0.0449. The first-order valence-electron chi connectivity index (χ1n) is 10.7. The summed E-state index contributed by atoms with van der Waals surface area (Å²) >= 11 is 0. The Labute approximate surface area is 185 Å². The van der Waals surface area contributed by atoms with Gasteiger partial charge in [-0.2, -0.15) is 5.10 Å².